The first-order valence-corrected chi connectivity index (χ1v) is 8.84. The lowest BCUT2D eigenvalue weighted by molar-refractivity contribution is -0.136. The monoisotopic (exact) mass is 351 g/mol. The maximum atomic E-state index is 12.3. The van der Waals surface area contributed by atoms with Crippen molar-refractivity contribution in [1.29, 1.82) is 0 Å². The van der Waals surface area contributed by atoms with Crippen LogP contribution in [0.5, 0.6) is 0 Å². The van der Waals surface area contributed by atoms with E-state index in [0.717, 1.165) is 12.0 Å². The molecule has 1 atom stereocenters. The number of rotatable bonds is 5. The molecule has 5 nitrogen and oxygen atoms in total. The normalized spacial score (nSPS) is 19.8. The number of hydrogen-bond donors (Lipinski definition) is 1. The second kappa shape index (κ2) is 6.52. The van der Waals surface area contributed by atoms with Gasteiger partial charge in [-0.05, 0) is 30.5 Å². The molecule has 21 heavy (non-hydrogen) atoms. The number of carboxylic acid groups (broad SMARTS) is 1. The Labute approximate surface area is 133 Å². The van der Waals surface area contributed by atoms with Crippen LogP contribution in [0, 0.1) is 0 Å². The minimum atomic E-state index is -3.60. The van der Waals surface area contributed by atoms with Gasteiger partial charge in [0.05, 0.1) is 22.2 Å². The molecule has 1 unspecified atom stereocenters. The van der Waals surface area contributed by atoms with Crippen LogP contribution >= 0.6 is 23.2 Å². The molecule has 0 radical (unpaired) electrons. The average molecular weight is 352 g/mol. The van der Waals surface area contributed by atoms with Crippen LogP contribution in [-0.2, 0) is 14.8 Å². The van der Waals surface area contributed by atoms with Gasteiger partial charge in [-0.3, -0.25) is 4.79 Å². The second-order valence-corrected chi connectivity index (χ2v) is 7.76. The highest BCUT2D eigenvalue weighted by atomic mass is 35.5. The van der Waals surface area contributed by atoms with Gasteiger partial charge < -0.3 is 5.11 Å². The molecule has 8 heteroatoms. The first-order valence-electron chi connectivity index (χ1n) is 6.47. The molecule has 1 saturated heterocycles. The molecule has 1 fully saturated rings. The summed E-state index contributed by atoms with van der Waals surface area (Å²) >= 11 is 11.8. The summed E-state index contributed by atoms with van der Waals surface area (Å²) in [7, 11) is -3.60. The van der Waals surface area contributed by atoms with Gasteiger partial charge in [0, 0.05) is 12.6 Å². The van der Waals surface area contributed by atoms with Crippen LogP contribution in [-0.4, -0.2) is 36.1 Å². The van der Waals surface area contributed by atoms with Gasteiger partial charge in [0.15, 0.2) is 0 Å². The Morgan fingerprint density at radius 1 is 1.33 bits per heavy atom. The average Bonchev–Trinajstić information content (AvgIpc) is 2.90. The molecule has 1 aliphatic heterocycles. The van der Waals surface area contributed by atoms with Crippen molar-refractivity contribution in [2.75, 3.05) is 12.3 Å². The van der Waals surface area contributed by atoms with Crippen LogP contribution in [0.3, 0.4) is 0 Å². The van der Waals surface area contributed by atoms with E-state index in [-0.39, 0.29) is 11.8 Å². The topological polar surface area (TPSA) is 74.7 Å². The Kier molecular flexibility index (Phi) is 5.14. The van der Waals surface area contributed by atoms with E-state index in [4.69, 9.17) is 28.3 Å². The number of hydrogen-bond acceptors (Lipinski definition) is 3. The molecule has 0 aliphatic carbocycles. The molecule has 1 N–H and O–H groups in total. The molecule has 116 valence electrons. The number of carboxylic acids is 1. The summed E-state index contributed by atoms with van der Waals surface area (Å²) in [4.78, 5) is 10.6. The zero-order chi connectivity index (χ0) is 15.6. The number of nitrogens with zero attached hydrogens (tertiary/aromatic N) is 1. The Balaban J connectivity index is 2.23. The van der Waals surface area contributed by atoms with Gasteiger partial charge in [-0.15, -0.1) is 0 Å². The van der Waals surface area contributed by atoms with Crippen LogP contribution in [0.1, 0.15) is 30.9 Å². The largest absolute Gasteiger partial charge is 0.481 e. The minimum Gasteiger partial charge on any atom is -0.481 e. The van der Waals surface area contributed by atoms with Gasteiger partial charge in [0.1, 0.15) is 0 Å². The van der Waals surface area contributed by atoms with Gasteiger partial charge >= 0.3 is 5.97 Å². The number of sulfonamides is 1. The van der Waals surface area contributed by atoms with Gasteiger partial charge in [0.2, 0.25) is 10.0 Å². The fourth-order valence-corrected chi connectivity index (χ4v) is 4.46. The predicted octanol–water partition coefficient (Wildman–Crippen LogP) is 2.93. The van der Waals surface area contributed by atoms with Crippen molar-refractivity contribution in [1.82, 2.24) is 4.31 Å². The molecule has 1 aliphatic rings. The third-order valence-electron chi connectivity index (χ3n) is 3.46. The Morgan fingerprint density at radius 2 is 2.05 bits per heavy atom. The third-order valence-corrected chi connectivity index (χ3v) is 6.07. The van der Waals surface area contributed by atoms with Gasteiger partial charge in [0.25, 0.3) is 0 Å². The Bertz CT molecular complexity index is 648. The predicted molar refractivity (Wildman–Crippen MR) is 81.2 cm³/mol. The van der Waals surface area contributed by atoms with E-state index in [2.05, 4.69) is 0 Å². The van der Waals surface area contributed by atoms with E-state index in [1.165, 1.54) is 4.31 Å². The van der Waals surface area contributed by atoms with Gasteiger partial charge in [-0.25, -0.2) is 8.42 Å². The molecule has 1 aromatic rings. The summed E-state index contributed by atoms with van der Waals surface area (Å²) < 4.78 is 25.9. The molecule has 2 rings (SSSR count). The van der Waals surface area contributed by atoms with Crippen molar-refractivity contribution in [3.63, 3.8) is 0 Å². The summed E-state index contributed by atoms with van der Waals surface area (Å²) in [6, 6.07) is 4.75. The highest BCUT2D eigenvalue weighted by Gasteiger charge is 2.35. The lowest BCUT2D eigenvalue weighted by Crippen LogP contribution is -2.33. The first-order chi connectivity index (χ1) is 9.81. The number of aliphatic carboxylic acids is 1. The molecule has 0 bridgehead atoms. The Hall–Kier alpha value is -0.820. The minimum absolute atomic E-state index is 0.307. The summed E-state index contributed by atoms with van der Waals surface area (Å²) in [6.45, 7) is 0.396. The lowest BCUT2D eigenvalue weighted by Gasteiger charge is -2.24. The molecule has 1 heterocycles. The molecule has 0 spiro atoms. The molecule has 0 saturated carbocycles. The maximum absolute atomic E-state index is 12.3. The fourth-order valence-electron chi connectivity index (χ4n) is 2.46. The van der Waals surface area contributed by atoms with E-state index in [9.17, 15) is 13.2 Å². The van der Waals surface area contributed by atoms with E-state index in [1.54, 1.807) is 18.2 Å². The van der Waals surface area contributed by atoms with E-state index in [0.29, 0.717) is 23.0 Å². The summed E-state index contributed by atoms with van der Waals surface area (Å²) in [6.07, 6.45) is 1.02. The van der Waals surface area contributed by atoms with Crippen molar-refractivity contribution < 1.29 is 18.3 Å². The lowest BCUT2D eigenvalue weighted by atomic mass is 10.1. The van der Waals surface area contributed by atoms with Crippen LogP contribution in [0.2, 0.25) is 10.0 Å². The maximum Gasteiger partial charge on any atom is 0.304 e. The quantitative estimate of drug-likeness (QED) is 0.884. The summed E-state index contributed by atoms with van der Waals surface area (Å²) in [5, 5.41) is 9.45. The molecule has 1 aromatic carbocycles. The zero-order valence-corrected chi connectivity index (χ0v) is 13.5. The van der Waals surface area contributed by atoms with Crippen molar-refractivity contribution in [3.8, 4) is 0 Å². The SMILES string of the molecule is O=C(O)CCS(=O)(=O)N1CCCC1c1ccc(Cl)c(Cl)c1. The summed E-state index contributed by atoms with van der Waals surface area (Å²) in [5.41, 5.74) is 0.779. The molecular weight excluding hydrogens is 337 g/mol. The smallest absolute Gasteiger partial charge is 0.304 e. The van der Waals surface area contributed by atoms with Gasteiger partial charge in [-0.2, -0.15) is 4.31 Å². The number of carbonyl (C=O) groups is 1. The standard InChI is InChI=1S/C13H15Cl2NO4S/c14-10-4-3-9(8-11(10)15)12-2-1-6-16(12)21(19,20)7-5-13(17)18/h3-4,8,12H,1-2,5-7H2,(H,17,18). The van der Waals surface area contributed by atoms with Crippen molar-refractivity contribution >= 4 is 39.2 Å². The second-order valence-electron chi connectivity index (χ2n) is 4.90. The van der Waals surface area contributed by atoms with Crippen molar-refractivity contribution in [2.45, 2.75) is 25.3 Å². The van der Waals surface area contributed by atoms with E-state index < -0.39 is 22.4 Å². The number of halogens is 2. The highest BCUT2D eigenvalue weighted by Crippen LogP contribution is 2.36. The highest BCUT2D eigenvalue weighted by molar-refractivity contribution is 7.89. The zero-order valence-electron chi connectivity index (χ0n) is 11.1. The first kappa shape index (κ1) is 16.5. The van der Waals surface area contributed by atoms with Crippen LogP contribution in [0.4, 0.5) is 0 Å². The van der Waals surface area contributed by atoms with E-state index >= 15 is 0 Å². The molecular formula is C13H15Cl2NO4S. The van der Waals surface area contributed by atoms with Crippen LogP contribution in [0.25, 0.3) is 0 Å². The van der Waals surface area contributed by atoms with Crippen LogP contribution in [0.15, 0.2) is 18.2 Å². The summed E-state index contributed by atoms with van der Waals surface area (Å²) in [5.74, 6) is -1.51. The molecule has 0 amide bonds. The van der Waals surface area contributed by atoms with Crippen LogP contribution < -0.4 is 0 Å². The molecule has 0 aromatic heterocycles. The third kappa shape index (κ3) is 3.88. The van der Waals surface area contributed by atoms with Crippen molar-refractivity contribution in [3.05, 3.63) is 33.8 Å². The van der Waals surface area contributed by atoms with E-state index in [1.807, 2.05) is 0 Å². The Morgan fingerprint density at radius 3 is 2.67 bits per heavy atom. The number of benzene rings is 1. The van der Waals surface area contributed by atoms with Gasteiger partial charge in [-0.1, -0.05) is 29.3 Å². The van der Waals surface area contributed by atoms with Crippen molar-refractivity contribution in [2.24, 2.45) is 0 Å². The fraction of sp³-hybridized carbons (Fsp3) is 0.462.